The first-order chi connectivity index (χ1) is 10.5. The number of amides is 3. The van der Waals surface area contributed by atoms with Gasteiger partial charge in [0.05, 0.1) is 0 Å². The molecule has 0 aliphatic heterocycles. The van der Waals surface area contributed by atoms with Gasteiger partial charge in [-0.25, -0.2) is 4.79 Å². The Morgan fingerprint density at radius 2 is 1.68 bits per heavy atom. The molecule has 0 saturated heterocycles. The Hall–Kier alpha value is -2.34. The molecule has 6 heteroatoms. The van der Waals surface area contributed by atoms with E-state index in [1.165, 1.54) is 0 Å². The molecule has 0 aliphatic rings. The number of aryl methyl sites for hydroxylation is 2. The molecule has 114 valence electrons. The van der Waals surface area contributed by atoms with E-state index in [4.69, 9.17) is 0 Å². The number of hydrogen-bond acceptors (Lipinski definition) is 2. The number of benzene rings is 2. The number of urea groups is 1. The second-order valence-electron chi connectivity index (χ2n) is 4.83. The number of carbonyl (C=O) groups excluding carboxylic acids is 2. The number of nitrogens with one attached hydrogen (secondary N) is 3. The third-order valence-corrected chi connectivity index (χ3v) is 3.63. The molecule has 0 saturated carbocycles. The van der Waals surface area contributed by atoms with E-state index in [1.54, 1.807) is 18.2 Å². The molecular weight excluding hydrogens is 346 g/mol. The average Bonchev–Trinajstić information content (AvgIpc) is 2.45. The zero-order valence-electron chi connectivity index (χ0n) is 12.2. The minimum absolute atomic E-state index is 0.319. The Kier molecular flexibility index (Phi) is 5.16. The van der Waals surface area contributed by atoms with Crippen molar-refractivity contribution in [3.05, 3.63) is 52.0 Å². The smallest absolute Gasteiger partial charge is 0.323 e. The minimum Gasteiger partial charge on any atom is -0.328 e. The van der Waals surface area contributed by atoms with Crippen LogP contribution < -0.4 is 16.0 Å². The molecule has 2 aromatic rings. The molecule has 0 radical (unpaired) electrons. The summed E-state index contributed by atoms with van der Waals surface area (Å²) in [5, 5.41) is 8.16. The zero-order valence-corrected chi connectivity index (χ0v) is 13.8. The summed E-state index contributed by atoms with van der Waals surface area (Å²) in [5.41, 5.74) is 3.94. The van der Waals surface area contributed by atoms with Crippen LogP contribution in [0.3, 0.4) is 0 Å². The lowest BCUT2D eigenvalue weighted by Gasteiger charge is -2.12. The summed E-state index contributed by atoms with van der Waals surface area (Å²) >= 11 is 3.38. The Bertz CT molecular complexity index is 717. The molecule has 0 aliphatic carbocycles. The van der Waals surface area contributed by atoms with Crippen LogP contribution in [0.5, 0.6) is 0 Å². The summed E-state index contributed by atoms with van der Waals surface area (Å²) in [7, 11) is 0. The summed E-state index contributed by atoms with van der Waals surface area (Å²) in [5.74, 6) is 0. The molecule has 0 heterocycles. The third-order valence-electron chi connectivity index (χ3n) is 3.14. The van der Waals surface area contributed by atoms with Crippen molar-refractivity contribution in [3.63, 3.8) is 0 Å². The van der Waals surface area contributed by atoms with Gasteiger partial charge in [-0.05, 0) is 61.4 Å². The van der Waals surface area contributed by atoms with E-state index in [0.29, 0.717) is 17.8 Å². The van der Waals surface area contributed by atoms with Crippen LogP contribution in [0.4, 0.5) is 21.9 Å². The van der Waals surface area contributed by atoms with E-state index in [9.17, 15) is 9.59 Å². The van der Waals surface area contributed by atoms with Gasteiger partial charge < -0.3 is 16.0 Å². The molecule has 0 fully saturated rings. The van der Waals surface area contributed by atoms with Gasteiger partial charge in [0.15, 0.2) is 0 Å². The predicted octanol–water partition coefficient (Wildman–Crippen LogP) is 4.28. The monoisotopic (exact) mass is 361 g/mol. The number of carbonyl (C=O) groups is 2. The second kappa shape index (κ2) is 7.09. The van der Waals surface area contributed by atoms with Gasteiger partial charge in [0.2, 0.25) is 6.41 Å². The lowest BCUT2D eigenvalue weighted by Crippen LogP contribution is -2.20. The molecular formula is C16H16BrN3O2. The van der Waals surface area contributed by atoms with Gasteiger partial charge in [-0.2, -0.15) is 0 Å². The molecule has 0 atom stereocenters. The number of hydrogen-bond donors (Lipinski definition) is 3. The van der Waals surface area contributed by atoms with Crippen LogP contribution >= 0.6 is 15.9 Å². The topological polar surface area (TPSA) is 70.2 Å². The van der Waals surface area contributed by atoms with Crippen LogP contribution in [0.1, 0.15) is 11.1 Å². The highest BCUT2D eigenvalue weighted by molar-refractivity contribution is 9.10. The predicted molar refractivity (Wildman–Crippen MR) is 92.4 cm³/mol. The molecule has 22 heavy (non-hydrogen) atoms. The fourth-order valence-corrected chi connectivity index (χ4v) is 2.49. The second-order valence-corrected chi connectivity index (χ2v) is 5.75. The maximum absolute atomic E-state index is 12.0. The summed E-state index contributed by atoms with van der Waals surface area (Å²) < 4.78 is 0.963. The minimum atomic E-state index is -0.319. The van der Waals surface area contributed by atoms with Crippen molar-refractivity contribution in [3.8, 4) is 0 Å². The fraction of sp³-hybridized carbons (Fsp3) is 0.125. The molecule has 2 rings (SSSR count). The van der Waals surface area contributed by atoms with Crippen LogP contribution in [0.25, 0.3) is 0 Å². The Labute approximate surface area is 137 Å². The summed E-state index contributed by atoms with van der Waals surface area (Å²) in [4.78, 5) is 22.5. The van der Waals surface area contributed by atoms with Gasteiger partial charge in [0.25, 0.3) is 0 Å². The molecule has 0 aromatic heterocycles. The van der Waals surface area contributed by atoms with E-state index >= 15 is 0 Å². The normalized spacial score (nSPS) is 9.95. The first-order valence-electron chi connectivity index (χ1n) is 6.64. The number of halogens is 1. The first kappa shape index (κ1) is 16.0. The molecule has 5 nitrogen and oxygen atoms in total. The molecule has 0 bridgehead atoms. The van der Waals surface area contributed by atoms with Crippen LogP contribution in [-0.2, 0) is 4.79 Å². The highest BCUT2D eigenvalue weighted by Gasteiger charge is 2.06. The maximum atomic E-state index is 12.0. The molecule has 3 amide bonds. The standard InChI is InChI=1S/C16H16BrN3O2/c1-10-7-12(17)3-5-15(10)20-16(22)19-13-4-6-14(18-9-21)11(2)8-13/h3-9H,1-2H3,(H,18,21)(H2,19,20,22). The van der Waals surface area contributed by atoms with Gasteiger partial charge >= 0.3 is 6.03 Å². The van der Waals surface area contributed by atoms with Crippen LogP contribution in [0, 0.1) is 13.8 Å². The van der Waals surface area contributed by atoms with E-state index in [1.807, 2.05) is 32.0 Å². The highest BCUT2D eigenvalue weighted by atomic mass is 79.9. The third kappa shape index (κ3) is 4.08. The zero-order chi connectivity index (χ0) is 16.1. The molecule has 0 unspecified atom stereocenters. The van der Waals surface area contributed by atoms with Crippen LogP contribution in [0.2, 0.25) is 0 Å². The van der Waals surface area contributed by atoms with E-state index < -0.39 is 0 Å². The van der Waals surface area contributed by atoms with Gasteiger partial charge in [0.1, 0.15) is 0 Å². The molecule has 3 N–H and O–H groups in total. The number of rotatable bonds is 4. The maximum Gasteiger partial charge on any atom is 0.323 e. The van der Waals surface area contributed by atoms with Crippen LogP contribution in [0.15, 0.2) is 40.9 Å². The number of anilines is 3. The SMILES string of the molecule is Cc1cc(NC(=O)Nc2ccc(Br)cc2C)ccc1NC=O. The Morgan fingerprint density at radius 1 is 1.00 bits per heavy atom. The van der Waals surface area contributed by atoms with Crippen molar-refractivity contribution in [2.45, 2.75) is 13.8 Å². The van der Waals surface area contributed by atoms with Crippen molar-refractivity contribution in [2.24, 2.45) is 0 Å². The van der Waals surface area contributed by atoms with E-state index in [2.05, 4.69) is 31.9 Å². The van der Waals surface area contributed by atoms with Gasteiger partial charge in [-0.1, -0.05) is 15.9 Å². The van der Waals surface area contributed by atoms with Crippen molar-refractivity contribution in [2.75, 3.05) is 16.0 Å². The summed E-state index contributed by atoms with van der Waals surface area (Å²) in [6.07, 6.45) is 0.623. The highest BCUT2D eigenvalue weighted by Crippen LogP contribution is 2.21. The van der Waals surface area contributed by atoms with Crippen molar-refractivity contribution >= 4 is 45.4 Å². The van der Waals surface area contributed by atoms with Crippen molar-refractivity contribution in [1.82, 2.24) is 0 Å². The quantitative estimate of drug-likeness (QED) is 0.711. The first-order valence-corrected chi connectivity index (χ1v) is 7.44. The average molecular weight is 362 g/mol. The Morgan fingerprint density at radius 3 is 2.32 bits per heavy atom. The summed E-state index contributed by atoms with van der Waals surface area (Å²) in [6, 6.07) is 10.6. The van der Waals surface area contributed by atoms with Gasteiger partial charge in [0, 0.05) is 21.5 Å². The van der Waals surface area contributed by atoms with Crippen LogP contribution in [-0.4, -0.2) is 12.4 Å². The van der Waals surface area contributed by atoms with E-state index in [-0.39, 0.29) is 6.03 Å². The Balaban J connectivity index is 2.05. The van der Waals surface area contributed by atoms with Crippen molar-refractivity contribution < 1.29 is 9.59 Å². The van der Waals surface area contributed by atoms with E-state index in [0.717, 1.165) is 21.3 Å². The largest absolute Gasteiger partial charge is 0.328 e. The van der Waals surface area contributed by atoms with Gasteiger partial charge in [-0.15, -0.1) is 0 Å². The van der Waals surface area contributed by atoms with Crippen molar-refractivity contribution in [1.29, 1.82) is 0 Å². The fourth-order valence-electron chi connectivity index (χ4n) is 2.02. The van der Waals surface area contributed by atoms with Gasteiger partial charge in [-0.3, -0.25) is 4.79 Å². The molecule has 2 aromatic carbocycles. The molecule has 0 spiro atoms. The lowest BCUT2D eigenvalue weighted by atomic mass is 10.2. The summed E-state index contributed by atoms with van der Waals surface area (Å²) in [6.45, 7) is 3.78. The lowest BCUT2D eigenvalue weighted by molar-refractivity contribution is -0.105.